The van der Waals surface area contributed by atoms with E-state index in [2.05, 4.69) is 20.9 Å². The van der Waals surface area contributed by atoms with E-state index in [1.54, 1.807) is 37.4 Å². The van der Waals surface area contributed by atoms with Gasteiger partial charge < -0.3 is 24.8 Å². The highest BCUT2D eigenvalue weighted by Crippen LogP contribution is 2.50. The van der Waals surface area contributed by atoms with Gasteiger partial charge in [0.25, 0.3) is 0 Å². The van der Waals surface area contributed by atoms with Crippen LogP contribution in [0.5, 0.6) is 17.2 Å². The molecule has 0 unspecified atom stereocenters. The van der Waals surface area contributed by atoms with Crippen LogP contribution in [0.15, 0.2) is 41.0 Å². The second-order valence-electron chi connectivity index (χ2n) is 8.39. The van der Waals surface area contributed by atoms with Crippen molar-refractivity contribution in [2.45, 2.75) is 38.9 Å². The minimum absolute atomic E-state index is 0.00137. The summed E-state index contributed by atoms with van der Waals surface area (Å²) in [5.74, 6) is -2.68. The number of ether oxygens (including phenoxy) is 2. The molecule has 4 rings (SSSR count). The number of hydrogen-bond acceptors (Lipinski definition) is 8. The van der Waals surface area contributed by atoms with E-state index < -0.39 is 29.5 Å². The van der Waals surface area contributed by atoms with Crippen LogP contribution in [-0.4, -0.2) is 39.2 Å². The van der Waals surface area contributed by atoms with Crippen LogP contribution in [0.3, 0.4) is 0 Å². The van der Waals surface area contributed by atoms with Gasteiger partial charge in [-0.25, -0.2) is 0 Å². The predicted octanol–water partition coefficient (Wildman–Crippen LogP) is 4.79. The average molecular weight is 542 g/mol. The predicted molar refractivity (Wildman–Crippen MR) is 130 cm³/mol. The number of aromatic nitrogens is 1. The molecule has 0 bridgehead atoms. The SMILES string of the molecule is COC(=O)C[C@@H](c1cccc(Br)c1)c1c(O)c(C(C)=O)cc([C@@H]2OCc3cnc(C)c(O)c32)c1O. The molecule has 3 aromatic rings. The van der Waals surface area contributed by atoms with Crippen LogP contribution in [0.25, 0.3) is 0 Å². The first-order chi connectivity index (χ1) is 16.6. The smallest absolute Gasteiger partial charge is 0.306 e. The average Bonchev–Trinajstić information content (AvgIpc) is 3.25. The number of hydrogen-bond donors (Lipinski definition) is 3. The molecule has 8 nitrogen and oxygen atoms in total. The third-order valence-corrected chi connectivity index (χ3v) is 6.72. The number of fused-ring (bicyclic) bond motifs is 1. The van der Waals surface area contributed by atoms with Gasteiger partial charge in [0.1, 0.15) is 23.4 Å². The number of aryl methyl sites for hydroxylation is 1. The number of ketones is 1. The van der Waals surface area contributed by atoms with E-state index in [-0.39, 0.29) is 41.2 Å². The van der Waals surface area contributed by atoms with Gasteiger partial charge in [-0.15, -0.1) is 0 Å². The molecule has 0 aliphatic carbocycles. The van der Waals surface area contributed by atoms with Crippen LogP contribution >= 0.6 is 15.9 Å². The van der Waals surface area contributed by atoms with E-state index in [9.17, 15) is 24.9 Å². The van der Waals surface area contributed by atoms with Gasteiger partial charge in [0.05, 0.1) is 31.4 Å². The summed E-state index contributed by atoms with van der Waals surface area (Å²) in [7, 11) is 1.25. The molecule has 182 valence electrons. The Morgan fingerprint density at radius 1 is 1.20 bits per heavy atom. The van der Waals surface area contributed by atoms with Crippen molar-refractivity contribution in [2.75, 3.05) is 7.11 Å². The van der Waals surface area contributed by atoms with Crippen LogP contribution in [0.2, 0.25) is 0 Å². The van der Waals surface area contributed by atoms with Crippen LogP contribution < -0.4 is 0 Å². The summed E-state index contributed by atoms with van der Waals surface area (Å²) >= 11 is 3.41. The molecule has 1 aliphatic heterocycles. The highest BCUT2D eigenvalue weighted by molar-refractivity contribution is 9.10. The topological polar surface area (TPSA) is 126 Å². The zero-order chi connectivity index (χ0) is 25.4. The number of nitrogens with zero attached hydrogens (tertiary/aromatic N) is 1. The molecule has 2 heterocycles. The van der Waals surface area contributed by atoms with Crippen LogP contribution in [0.4, 0.5) is 0 Å². The lowest BCUT2D eigenvalue weighted by molar-refractivity contribution is -0.140. The second-order valence-corrected chi connectivity index (χ2v) is 9.31. The van der Waals surface area contributed by atoms with Crippen molar-refractivity contribution in [2.24, 2.45) is 0 Å². The maximum Gasteiger partial charge on any atom is 0.306 e. The zero-order valence-electron chi connectivity index (χ0n) is 19.3. The van der Waals surface area contributed by atoms with Crippen molar-refractivity contribution in [3.63, 3.8) is 0 Å². The second kappa shape index (κ2) is 9.67. The first-order valence-electron chi connectivity index (χ1n) is 10.8. The quantitative estimate of drug-likeness (QED) is 0.300. The van der Waals surface area contributed by atoms with E-state index in [0.717, 1.165) is 4.47 Å². The fraction of sp³-hybridized carbons (Fsp3) is 0.269. The first kappa shape index (κ1) is 24.7. The van der Waals surface area contributed by atoms with Gasteiger partial charge in [-0.3, -0.25) is 14.6 Å². The maximum absolute atomic E-state index is 12.5. The number of pyridine rings is 1. The lowest BCUT2D eigenvalue weighted by atomic mass is 9.83. The highest BCUT2D eigenvalue weighted by Gasteiger charge is 2.36. The van der Waals surface area contributed by atoms with E-state index >= 15 is 0 Å². The largest absolute Gasteiger partial charge is 0.507 e. The molecule has 0 saturated heterocycles. The number of aromatic hydroxyl groups is 3. The Kier molecular flexibility index (Phi) is 6.82. The fourth-order valence-corrected chi connectivity index (χ4v) is 4.84. The molecule has 3 N–H and O–H groups in total. The van der Waals surface area contributed by atoms with Crippen molar-refractivity contribution in [3.8, 4) is 17.2 Å². The zero-order valence-corrected chi connectivity index (χ0v) is 20.9. The van der Waals surface area contributed by atoms with Crippen molar-refractivity contribution in [3.05, 3.63) is 80.1 Å². The number of phenolic OH excluding ortho intramolecular Hbond substituents is 2. The summed E-state index contributed by atoms with van der Waals surface area (Å²) in [6, 6.07) is 8.44. The van der Waals surface area contributed by atoms with Crippen molar-refractivity contribution >= 4 is 27.7 Å². The monoisotopic (exact) mass is 541 g/mol. The standard InChI is InChI=1S/C26H24BrNO7/c1-12-23(31)21-15(10-28-12)11-35-26(21)19-8-17(13(2)29)24(32)22(25(19)33)18(9-20(30)34-3)14-5-4-6-16(27)7-14/h4-8,10,18,26,31-33H,9,11H2,1-3H3/t18-,26-/m0/s1. The van der Waals surface area contributed by atoms with Gasteiger partial charge >= 0.3 is 5.97 Å². The molecular formula is C26H24BrNO7. The van der Waals surface area contributed by atoms with Gasteiger partial charge in [-0.2, -0.15) is 0 Å². The number of benzene rings is 2. The molecule has 35 heavy (non-hydrogen) atoms. The number of carbonyl (C=O) groups is 2. The molecule has 2 aromatic carbocycles. The summed E-state index contributed by atoms with van der Waals surface area (Å²) < 4.78 is 11.5. The molecular weight excluding hydrogens is 518 g/mol. The van der Waals surface area contributed by atoms with Crippen LogP contribution in [0.1, 0.15) is 69.2 Å². The van der Waals surface area contributed by atoms with E-state index in [0.29, 0.717) is 22.4 Å². The molecule has 0 radical (unpaired) electrons. The molecule has 0 saturated carbocycles. The summed E-state index contributed by atoms with van der Waals surface area (Å²) in [5.41, 5.74) is 2.23. The fourth-order valence-electron chi connectivity index (χ4n) is 4.42. The van der Waals surface area contributed by atoms with E-state index in [1.165, 1.54) is 20.1 Å². The number of esters is 1. The molecule has 2 atom stereocenters. The number of halogens is 1. The number of methoxy groups -OCH3 is 1. The Labute approximate surface area is 210 Å². The number of Topliss-reactive ketones (excluding diaryl/α,β-unsaturated/α-hetero) is 1. The number of phenols is 2. The highest BCUT2D eigenvalue weighted by atomic mass is 79.9. The summed E-state index contributed by atoms with van der Waals surface area (Å²) in [5, 5.41) is 33.3. The van der Waals surface area contributed by atoms with Gasteiger partial charge in [0.2, 0.25) is 0 Å². The van der Waals surface area contributed by atoms with Crippen LogP contribution in [0, 0.1) is 6.92 Å². The normalized spacial score (nSPS) is 15.5. The number of carbonyl (C=O) groups excluding carboxylic acids is 2. The van der Waals surface area contributed by atoms with Crippen LogP contribution in [-0.2, 0) is 20.9 Å². The summed E-state index contributed by atoms with van der Waals surface area (Å²) in [4.78, 5) is 29.0. The molecule has 0 amide bonds. The Bertz CT molecular complexity index is 1340. The first-order valence-corrected chi connectivity index (χ1v) is 11.6. The minimum atomic E-state index is -0.912. The Morgan fingerprint density at radius 2 is 1.94 bits per heavy atom. The molecule has 0 spiro atoms. The lowest BCUT2D eigenvalue weighted by Crippen LogP contribution is -2.13. The lowest BCUT2D eigenvalue weighted by Gasteiger charge is -2.24. The molecule has 0 fully saturated rings. The van der Waals surface area contributed by atoms with Gasteiger partial charge in [-0.05, 0) is 37.6 Å². The van der Waals surface area contributed by atoms with Crippen molar-refractivity contribution in [1.29, 1.82) is 0 Å². The summed E-state index contributed by atoms with van der Waals surface area (Å²) in [6.45, 7) is 3.08. The van der Waals surface area contributed by atoms with Crippen molar-refractivity contribution < 1.29 is 34.4 Å². The number of rotatable bonds is 6. The van der Waals surface area contributed by atoms with Gasteiger partial charge in [0, 0.05) is 38.8 Å². The van der Waals surface area contributed by atoms with E-state index in [4.69, 9.17) is 9.47 Å². The third kappa shape index (κ3) is 4.49. The Balaban J connectivity index is 1.99. The third-order valence-electron chi connectivity index (χ3n) is 6.22. The molecule has 1 aliphatic rings. The Hall–Kier alpha value is -3.43. The maximum atomic E-state index is 12.5. The van der Waals surface area contributed by atoms with E-state index in [1.807, 2.05) is 0 Å². The van der Waals surface area contributed by atoms with Gasteiger partial charge in [-0.1, -0.05) is 28.1 Å². The molecule has 1 aromatic heterocycles. The summed E-state index contributed by atoms with van der Waals surface area (Å²) in [6.07, 6.45) is 0.479. The minimum Gasteiger partial charge on any atom is -0.507 e. The Morgan fingerprint density at radius 3 is 2.60 bits per heavy atom. The van der Waals surface area contributed by atoms with Crippen molar-refractivity contribution in [1.82, 2.24) is 4.98 Å². The molecule has 9 heteroatoms. The van der Waals surface area contributed by atoms with Gasteiger partial charge in [0.15, 0.2) is 5.78 Å².